The first-order chi connectivity index (χ1) is 7.51. The number of nitrogens with zero attached hydrogens (tertiary/aromatic N) is 1. The molecule has 0 heterocycles. The monoisotopic (exact) mass is 229 g/mol. The van der Waals surface area contributed by atoms with Gasteiger partial charge in [-0.1, -0.05) is 20.8 Å². The molecule has 0 aromatic heterocycles. The summed E-state index contributed by atoms with van der Waals surface area (Å²) < 4.78 is 4.71. The van der Waals surface area contributed by atoms with Gasteiger partial charge in [-0.3, -0.25) is 4.99 Å². The molecule has 0 amide bonds. The maximum atomic E-state index is 11.5. The molecule has 0 aliphatic heterocycles. The van der Waals surface area contributed by atoms with Crippen molar-refractivity contribution in [2.75, 3.05) is 13.7 Å². The summed E-state index contributed by atoms with van der Waals surface area (Å²) in [5.41, 5.74) is 5.66. The van der Waals surface area contributed by atoms with Crippen molar-refractivity contribution >= 4 is 11.9 Å². The van der Waals surface area contributed by atoms with Gasteiger partial charge < -0.3 is 15.8 Å². The maximum absolute atomic E-state index is 11.5. The lowest BCUT2D eigenvalue weighted by Crippen LogP contribution is -2.46. The molecule has 5 heteroatoms. The van der Waals surface area contributed by atoms with Gasteiger partial charge >= 0.3 is 5.97 Å². The second-order valence-electron chi connectivity index (χ2n) is 4.12. The normalized spacial score (nSPS) is 13.7. The molecule has 0 spiro atoms. The van der Waals surface area contributed by atoms with E-state index in [2.05, 4.69) is 10.3 Å². The van der Waals surface area contributed by atoms with Gasteiger partial charge in [-0.2, -0.15) is 0 Å². The molecule has 0 radical (unpaired) electrons. The highest BCUT2D eigenvalue weighted by molar-refractivity contribution is 5.85. The van der Waals surface area contributed by atoms with Crippen molar-refractivity contribution < 1.29 is 9.53 Å². The molecule has 0 saturated heterocycles. The lowest BCUT2D eigenvalue weighted by atomic mass is 10.0. The predicted molar refractivity (Wildman–Crippen MR) is 65.2 cm³/mol. The largest absolute Gasteiger partial charge is 0.467 e. The number of ether oxygens (including phenoxy) is 1. The van der Waals surface area contributed by atoms with Crippen LogP contribution in [0.5, 0.6) is 0 Å². The third-order valence-corrected chi connectivity index (χ3v) is 2.02. The van der Waals surface area contributed by atoms with E-state index >= 15 is 0 Å². The predicted octanol–water partition coefficient (Wildman–Crippen LogP) is 0.888. The van der Waals surface area contributed by atoms with Crippen LogP contribution in [0.2, 0.25) is 0 Å². The quantitative estimate of drug-likeness (QED) is 0.403. The first-order valence-corrected chi connectivity index (χ1v) is 5.65. The molecule has 1 atom stereocenters. The summed E-state index contributed by atoms with van der Waals surface area (Å²) in [4.78, 5) is 15.5. The maximum Gasteiger partial charge on any atom is 0.328 e. The van der Waals surface area contributed by atoms with Gasteiger partial charge in [0.1, 0.15) is 6.04 Å². The summed E-state index contributed by atoms with van der Waals surface area (Å²) in [6, 6.07) is -0.411. The molecule has 0 rings (SSSR count). The second kappa shape index (κ2) is 7.96. The number of methoxy groups -OCH3 is 1. The van der Waals surface area contributed by atoms with E-state index in [1.807, 2.05) is 20.8 Å². The Hall–Kier alpha value is -1.26. The van der Waals surface area contributed by atoms with Crippen molar-refractivity contribution in [2.24, 2.45) is 16.6 Å². The number of carbonyl (C=O) groups is 1. The van der Waals surface area contributed by atoms with Crippen LogP contribution in [0.25, 0.3) is 0 Å². The van der Waals surface area contributed by atoms with E-state index < -0.39 is 6.04 Å². The molecule has 0 aliphatic carbocycles. The molecule has 0 aliphatic rings. The summed E-state index contributed by atoms with van der Waals surface area (Å²) in [5.74, 6) is 0.386. The third kappa shape index (κ3) is 6.27. The van der Waals surface area contributed by atoms with Crippen LogP contribution < -0.4 is 11.1 Å². The molecule has 0 aromatic rings. The zero-order valence-electron chi connectivity index (χ0n) is 10.6. The zero-order valence-corrected chi connectivity index (χ0v) is 10.6. The molecular formula is C11H23N3O2. The van der Waals surface area contributed by atoms with E-state index in [1.54, 1.807) is 0 Å². The number of aliphatic imine (C=N–C) groups is 1. The van der Waals surface area contributed by atoms with Gasteiger partial charge in [0.25, 0.3) is 0 Å². The van der Waals surface area contributed by atoms with E-state index in [0.29, 0.717) is 24.8 Å². The lowest BCUT2D eigenvalue weighted by Gasteiger charge is -2.18. The summed E-state index contributed by atoms with van der Waals surface area (Å²) in [6.07, 6.45) is 1.60. The topological polar surface area (TPSA) is 76.7 Å². The van der Waals surface area contributed by atoms with Crippen LogP contribution in [-0.2, 0) is 9.53 Å². The van der Waals surface area contributed by atoms with Crippen LogP contribution in [0.1, 0.15) is 33.6 Å². The highest BCUT2D eigenvalue weighted by Gasteiger charge is 2.20. The summed E-state index contributed by atoms with van der Waals surface area (Å²) >= 11 is 0. The molecule has 0 fully saturated rings. The van der Waals surface area contributed by atoms with Crippen LogP contribution in [-0.4, -0.2) is 31.6 Å². The number of carbonyl (C=O) groups excluding carboxylic acids is 1. The highest BCUT2D eigenvalue weighted by atomic mass is 16.5. The molecule has 0 bridgehead atoms. The first-order valence-electron chi connectivity index (χ1n) is 5.65. The average Bonchev–Trinajstić information content (AvgIpc) is 2.23. The van der Waals surface area contributed by atoms with Gasteiger partial charge in [0.2, 0.25) is 0 Å². The number of guanidine groups is 1. The van der Waals surface area contributed by atoms with Crippen molar-refractivity contribution in [1.29, 1.82) is 0 Å². The highest BCUT2D eigenvalue weighted by Crippen LogP contribution is 2.05. The van der Waals surface area contributed by atoms with Crippen molar-refractivity contribution in [2.45, 2.75) is 39.7 Å². The molecule has 3 N–H and O–H groups in total. The van der Waals surface area contributed by atoms with Crippen molar-refractivity contribution in [1.82, 2.24) is 5.32 Å². The number of esters is 1. The minimum absolute atomic E-state index is 0.302. The summed E-state index contributed by atoms with van der Waals surface area (Å²) in [7, 11) is 1.37. The second-order valence-corrected chi connectivity index (χ2v) is 4.12. The minimum Gasteiger partial charge on any atom is -0.467 e. The Morgan fingerprint density at radius 1 is 1.50 bits per heavy atom. The Morgan fingerprint density at radius 3 is 2.56 bits per heavy atom. The molecular weight excluding hydrogens is 206 g/mol. The minimum atomic E-state index is -0.411. The SMILES string of the molecule is CCCN=C(N)NC(CC(C)C)C(=O)OC. The van der Waals surface area contributed by atoms with E-state index in [4.69, 9.17) is 10.5 Å². The number of rotatable bonds is 6. The Labute approximate surface area is 97.4 Å². The third-order valence-electron chi connectivity index (χ3n) is 2.02. The van der Waals surface area contributed by atoms with Crippen molar-refractivity contribution in [3.8, 4) is 0 Å². The van der Waals surface area contributed by atoms with Gasteiger partial charge in [0, 0.05) is 6.54 Å². The van der Waals surface area contributed by atoms with Crippen LogP contribution in [0.4, 0.5) is 0 Å². The van der Waals surface area contributed by atoms with Gasteiger partial charge in [-0.05, 0) is 18.8 Å². The Bertz CT molecular complexity index is 239. The summed E-state index contributed by atoms with van der Waals surface area (Å²) in [5, 5.41) is 2.89. The fourth-order valence-electron chi connectivity index (χ4n) is 1.28. The van der Waals surface area contributed by atoms with Crippen LogP contribution in [0, 0.1) is 5.92 Å². The zero-order chi connectivity index (χ0) is 12.6. The fraction of sp³-hybridized carbons (Fsp3) is 0.818. The van der Waals surface area contributed by atoms with E-state index in [9.17, 15) is 4.79 Å². The van der Waals surface area contributed by atoms with Crippen LogP contribution in [0.15, 0.2) is 4.99 Å². The van der Waals surface area contributed by atoms with Gasteiger partial charge in [0.15, 0.2) is 5.96 Å². The number of nitrogens with two attached hydrogens (primary N) is 1. The number of hydrogen-bond acceptors (Lipinski definition) is 3. The molecule has 0 saturated carbocycles. The van der Waals surface area contributed by atoms with Crippen molar-refractivity contribution in [3.63, 3.8) is 0 Å². The van der Waals surface area contributed by atoms with Crippen LogP contribution in [0.3, 0.4) is 0 Å². The van der Waals surface area contributed by atoms with Gasteiger partial charge in [-0.15, -0.1) is 0 Å². The smallest absolute Gasteiger partial charge is 0.328 e. The fourth-order valence-corrected chi connectivity index (χ4v) is 1.28. The van der Waals surface area contributed by atoms with Gasteiger partial charge in [-0.25, -0.2) is 4.79 Å². The lowest BCUT2D eigenvalue weighted by molar-refractivity contribution is -0.143. The molecule has 94 valence electrons. The first kappa shape index (κ1) is 14.7. The van der Waals surface area contributed by atoms with Crippen LogP contribution >= 0.6 is 0 Å². The standard InChI is InChI=1S/C11H23N3O2/c1-5-6-13-11(12)14-9(7-8(2)3)10(15)16-4/h8-9H,5-7H2,1-4H3,(H3,12,13,14). The Morgan fingerprint density at radius 2 is 2.12 bits per heavy atom. The van der Waals surface area contributed by atoms with Gasteiger partial charge in [0.05, 0.1) is 7.11 Å². The van der Waals surface area contributed by atoms with E-state index in [0.717, 1.165) is 6.42 Å². The summed E-state index contributed by atoms with van der Waals surface area (Å²) in [6.45, 7) is 6.76. The average molecular weight is 229 g/mol. The van der Waals surface area contributed by atoms with E-state index in [-0.39, 0.29) is 5.97 Å². The van der Waals surface area contributed by atoms with Crippen molar-refractivity contribution in [3.05, 3.63) is 0 Å². The molecule has 5 nitrogen and oxygen atoms in total. The number of hydrogen-bond donors (Lipinski definition) is 2. The molecule has 16 heavy (non-hydrogen) atoms. The molecule has 0 aromatic carbocycles. The number of nitrogens with one attached hydrogen (secondary N) is 1. The Kier molecular flexibility index (Phi) is 7.33. The van der Waals surface area contributed by atoms with E-state index in [1.165, 1.54) is 7.11 Å². The Balaban J connectivity index is 4.36. The molecule has 1 unspecified atom stereocenters.